The largest absolute Gasteiger partial charge is 0.427 e. The number of aromatic nitrogens is 3. The van der Waals surface area contributed by atoms with Gasteiger partial charge in [-0.1, -0.05) is 0 Å². The van der Waals surface area contributed by atoms with Crippen molar-refractivity contribution in [1.29, 1.82) is 0 Å². The maximum absolute atomic E-state index is 13.0. The van der Waals surface area contributed by atoms with Crippen molar-refractivity contribution in [3.8, 4) is 11.4 Å². The number of benzene rings is 1. The summed E-state index contributed by atoms with van der Waals surface area (Å²) in [6.07, 6.45) is 5.03. The third kappa shape index (κ3) is 5.47. The van der Waals surface area contributed by atoms with Crippen LogP contribution in [-0.2, 0) is 4.65 Å². The number of carbonyl (C=O) groups excluding carboxylic acids is 1. The van der Waals surface area contributed by atoms with E-state index in [4.69, 9.17) is 4.65 Å². The first kappa shape index (κ1) is 22.7. The van der Waals surface area contributed by atoms with E-state index >= 15 is 0 Å². The van der Waals surface area contributed by atoms with Crippen LogP contribution in [-0.4, -0.2) is 80.7 Å². The molecule has 170 valence electrons. The van der Waals surface area contributed by atoms with Gasteiger partial charge in [-0.25, -0.2) is 9.97 Å². The molecule has 4 rings (SSSR count). The molecular weight excluding hydrogens is 417 g/mol. The highest BCUT2D eigenvalue weighted by molar-refractivity contribution is 6.23. The number of anilines is 3. The molecule has 1 saturated heterocycles. The molecular formula is C23H28BN7O2. The lowest BCUT2D eigenvalue weighted by molar-refractivity contribution is 0.102. The molecule has 10 heteroatoms. The van der Waals surface area contributed by atoms with Crippen LogP contribution in [0.2, 0.25) is 0 Å². The van der Waals surface area contributed by atoms with Crippen molar-refractivity contribution < 1.29 is 9.45 Å². The zero-order valence-electron chi connectivity index (χ0n) is 19.2. The molecule has 3 heterocycles. The molecule has 0 atom stereocenters. The third-order valence-electron chi connectivity index (χ3n) is 5.60. The summed E-state index contributed by atoms with van der Waals surface area (Å²) < 4.78 is 5.23. The SMILES string of the molecule is COBN1CCN(c2ccncc2NC(=O)c2ccnc(-c3ccc(N(C)C)cc3)n2)CC1. The second-order valence-corrected chi connectivity index (χ2v) is 8.08. The molecule has 1 N–H and O–H groups in total. The number of pyridine rings is 1. The molecule has 0 radical (unpaired) electrons. The molecule has 1 aliphatic rings. The van der Waals surface area contributed by atoms with E-state index in [0.717, 1.165) is 43.1 Å². The maximum Gasteiger partial charge on any atom is 0.363 e. The number of piperazine rings is 1. The summed E-state index contributed by atoms with van der Waals surface area (Å²) in [6, 6.07) is 11.5. The number of nitrogens with zero attached hydrogens (tertiary/aromatic N) is 6. The average molecular weight is 445 g/mol. The van der Waals surface area contributed by atoms with Crippen LogP contribution in [0.15, 0.2) is 55.0 Å². The molecule has 1 aliphatic heterocycles. The Morgan fingerprint density at radius 3 is 2.52 bits per heavy atom. The first-order chi connectivity index (χ1) is 16.0. The Hall–Kier alpha value is -3.50. The van der Waals surface area contributed by atoms with E-state index in [1.165, 1.54) is 0 Å². The summed E-state index contributed by atoms with van der Waals surface area (Å²) in [4.78, 5) is 32.6. The fourth-order valence-electron chi connectivity index (χ4n) is 3.78. The Morgan fingerprint density at radius 1 is 1.06 bits per heavy atom. The lowest BCUT2D eigenvalue weighted by Crippen LogP contribution is -2.48. The van der Waals surface area contributed by atoms with Crippen LogP contribution in [0.3, 0.4) is 0 Å². The van der Waals surface area contributed by atoms with Gasteiger partial charge in [-0.3, -0.25) is 9.78 Å². The van der Waals surface area contributed by atoms with Crippen molar-refractivity contribution in [1.82, 2.24) is 19.8 Å². The number of carbonyl (C=O) groups is 1. The molecule has 0 bridgehead atoms. The quantitative estimate of drug-likeness (QED) is 0.552. The Labute approximate surface area is 194 Å². The number of amides is 1. The third-order valence-corrected chi connectivity index (χ3v) is 5.60. The van der Waals surface area contributed by atoms with Crippen molar-refractivity contribution in [3.05, 3.63) is 60.7 Å². The highest BCUT2D eigenvalue weighted by Crippen LogP contribution is 2.26. The highest BCUT2D eigenvalue weighted by Gasteiger charge is 2.21. The Kier molecular flexibility index (Phi) is 7.16. The molecule has 1 fully saturated rings. The fourth-order valence-corrected chi connectivity index (χ4v) is 3.78. The predicted octanol–water partition coefficient (Wildman–Crippen LogP) is 1.89. The molecule has 9 nitrogen and oxygen atoms in total. The van der Waals surface area contributed by atoms with Crippen LogP contribution in [0.4, 0.5) is 17.1 Å². The van der Waals surface area contributed by atoms with Crippen molar-refractivity contribution in [3.63, 3.8) is 0 Å². The summed E-state index contributed by atoms with van der Waals surface area (Å²) >= 11 is 0. The van der Waals surface area contributed by atoms with Crippen LogP contribution in [0.25, 0.3) is 11.4 Å². The number of nitrogens with one attached hydrogen (secondary N) is 1. The second kappa shape index (κ2) is 10.4. The Balaban J connectivity index is 1.49. The second-order valence-electron chi connectivity index (χ2n) is 8.08. The van der Waals surface area contributed by atoms with E-state index in [9.17, 15) is 4.79 Å². The van der Waals surface area contributed by atoms with Gasteiger partial charge in [0, 0.05) is 71.0 Å². The van der Waals surface area contributed by atoms with E-state index in [1.54, 1.807) is 31.8 Å². The minimum atomic E-state index is -0.296. The minimum absolute atomic E-state index is 0.296. The van der Waals surface area contributed by atoms with Crippen molar-refractivity contribution >= 4 is 30.6 Å². The molecule has 1 amide bonds. The summed E-state index contributed by atoms with van der Waals surface area (Å²) in [5.41, 5.74) is 3.85. The van der Waals surface area contributed by atoms with E-state index < -0.39 is 0 Å². The molecule has 3 aromatic rings. The van der Waals surface area contributed by atoms with E-state index in [2.05, 4.69) is 30.0 Å². The van der Waals surface area contributed by atoms with Gasteiger partial charge in [-0.2, -0.15) is 0 Å². The van der Waals surface area contributed by atoms with Crippen LogP contribution >= 0.6 is 0 Å². The summed E-state index contributed by atoms with van der Waals surface area (Å²) in [5, 5.41) is 2.98. The van der Waals surface area contributed by atoms with E-state index in [-0.39, 0.29) is 5.91 Å². The van der Waals surface area contributed by atoms with Crippen molar-refractivity contribution in [2.75, 3.05) is 62.5 Å². The monoisotopic (exact) mass is 445 g/mol. The zero-order valence-corrected chi connectivity index (χ0v) is 19.2. The molecule has 0 saturated carbocycles. The summed E-state index contributed by atoms with van der Waals surface area (Å²) in [6.45, 7) is 3.48. The average Bonchev–Trinajstić information content (AvgIpc) is 2.85. The first-order valence-corrected chi connectivity index (χ1v) is 10.9. The molecule has 1 aromatic carbocycles. The van der Waals surface area contributed by atoms with Gasteiger partial charge < -0.3 is 24.6 Å². The highest BCUT2D eigenvalue weighted by atomic mass is 16.4. The fraction of sp³-hybridized carbons (Fsp3) is 0.304. The number of hydrogen-bond acceptors (Lipinski definition) is 8. The van der Waals surface area contributed by atoms with Gasteiger partial charge in [0.25, 0.3) is 5.91 Å². The number of rotatable bonds is 7. The lowest BCUT2D eigenvalue weighted by atomic mass is 10.1. The van der Waals surface area contributed by atoms with Crippen LogP contribution in [0.1, 0.15) is 10.5 Å². The first-order valence-electron chi connectivity index (χ1n) is 10.9. The van der Waals surface area contributed by atoms with Crippen LogP contribution < -0.4 is 15.1 Å². The Bertz CT molecular complexity index is 1090. The van der Waals surface area contributed by atoms with Gasteiger partial charge in [0.15, 0.2) is 5.82 Å². The molecule has 0 aliphatic carbocycles. The standard InChI is InChI=1S/C23H28BN7O2/c1-29(2)18-6-4-17(5-7-18)22-26-11-8-19(27-22)23(32)28-20-16-25-10-9-21(20)30-12-14-31(15-13-30)24-33-3/h4-11,16,24H,12-15H2,1-3H3,(H,28,32). The molecule has 33 heavy (non-hydrogen) atoms. The molecule has 0 unspecified atom stereocenters. The maximum atomic E-state index is 13.0. The van der Waals surface area contributed by atoms with Crippen molar-refractivity contribution in [2.45, 2.75) is 0 Å². The summed E-state index contributed by atoms with van der Waals surface area (Å²) in [5.74, 6) is 0.212. The predicted molar refractivity (Wildman–Crippen MR) is 132 cm³/mol. The smallest absolute Gasteiger partial charge is 0.363 e. The van der Waals surface area contributed by atoms with Crippen LogP contribution in [0.5, 0.6) is 0 Å². The normalized spacial score (nSPS) is 14.1. The Morgan fingerprint density at radius 2 is 1.82 bits per heavy atom. The van der Waals surface area contributed by atoms with E-state index in [0.29, 0.717) is 24.8 Å². The van der Waals surface area contributed by atoms with E-state index in [1.807, 2.05) is 49.3 Å². The van der Waals surface area contributed by atoms with Gasteiger partial charge in [0.2, 0.25) is 0 Å². The zero-order chi connectivity index (χ0) is 23.2. The van der Waals surface area contributed by atoms with Gasteiger partial charge in [-0.15, -0.1) is 0 Å². The number of hydrogen-bond donors (Lipinski definition) is 1. The van der Waals surface area contributed by atoms with Crippen molar-refractivity contribution in [2.24, 2.45) is 0 Å². The minimum Gasteiger partial charge on any atom is -0.427 e. The van der Waals surface area contributed by atoms with Gasteiger partial charge in [0.1, 0.15) is 5.69 Å². The topological polar surface area (TPSA) is 86.7 Å². The van der Waals surface area contributed by atoms with Gasteiger partial charge in [0.05, 0.1) is 17.6 Å². The van der Waals surface area contributed by atoms with Gasteiger partial charge >= 0.3 is 7.62 Å². The van der Waals surface area contributed by atoms with Gasteiger partial charge in [-0.05, 0) is 36.4 Å². The van der Waals surface area contributed by atoms with Crippen LogP contribution in [0, 0.1) is 0 Å². The molecule has 0 spiro atoms. The summed E-state index contributed by atoms with van der Waals surface area (Å²) in [7, 11) is 6.31. The lowest BCUT2D eigenvalue weighted by Gasteiger charge is -2.36. The molecule has 2 aromatic heterocycles.